The number of benzene rings is 1. The van der Waals surface area contributed by atoms with E-state index in [4.69, 9.17) is 9.84 Å². The van der Waals surface area contributed by atoms with E-state index < -0.39 is 6.09 Å². The third-order valence-corrected chi connectivity index (χ3v) is 4.46. The topological polar surface area (TPSA) is 93.4 Å². The molecule has 134 valence electrons. The fourth-order valence-corrected chi connectivity index (χ4v) is 3.11. The van der Waals surface area contributed by atoms with Gasteiger partial charge in [0, 0.05) is 13.1 Å². The first-order valence-corrected chi connectivity index (χ1v) is 8.21. The average Bonchev–Trinajstić information content (AvgIpc) is 3.09. The maximum atomic E-state index is 13.0. The molecule has 1 saturated heterocycles. The van der Waals surface area contributed by atoms with Crippen LogP contribution in [0.3, 0.4) is 0 Å². The van der Waals surface area contributed by atoms with E-state index in [0.717, 1.165) is 0 Å². The van der Waals surface area contributed by atoms with E-state index >= 15 is 0 Å². The van der Waals surface area contributed by atoms with Crippen molar-refractivity contribution >= 4 is 17.1 Å². The number of fused-ring (bicyclic) bond motifs is 1. The zero-order valence-corrected chi connectivity index (χ0v) is 13.7. The SMILES string of the molecule is O=C(O)N1CCC(n2ncc3c(Oc4ccc(F)cc4)ncnc32)CC1. The normalized spacial score (nSPS) is 15.3. The summed E-state index contributed by atoms with van der Waals surface area (Å²) in [5, 5.41) is 14.1. The fourth-order valence-electron chi connectivity index (χ4n) is 3.11. The van der Waals surface area contributed by atoms with Gasteiger partial charge < -0.3 is 14.7 Å². The quantitative estimate of drug-likeness (QED) is 0.774. The van der Waals surface area contributed by atoms with Gasteiger partial charge >= 0.3 is 6.09 Å². The van der Waals surface area contributed by atoms with Gasteiger partial charge in [-0.25, -0.2) is 23.8 Å². The van der Waals surface area contributed by atoms with Crippen LogP contribution in [0.4, 0.5) is 9.18 Å². The van der Waals surface area contributed by atoms with Crippen LogP contribution in [-0.4, -0.2) is 48.9 Å². The van der Waals surface area contributed by atoms with Gasteiger partial charge in [-0.05, 0) is 37.1 Å². The van der Waals surface area contributed by atoms with E-state index in [1.807, 2.05) is 0 Å². The Kier molecular flexibility index (Phi) is 4.11. The molecular weight excluding hydrogens is 341 g/mol. The molecule has 2 aromatic heterocycles. The number of aromatic nitrogens is 4. The number of carboxylic acid groups (broad SMARTS) is 1. The summed E-state index contributed by atoms with van der Waals surface area (Å²) in [6.07, 6.45) is 3.47. The molecule has 1 aliphatic rings. The minimum atomic E-state index is -0.897. The Morgan fingerprint density at radius 2 is 1.92 bits per heavy atom. The number of carbonyl (C=O) groups is 1. The first-order chi connectivity index (χ1) is 12.6. The van der Waals surface area contributed by atoms with E-state index in [0.29, 0.717) is 48.6 Å². The standard InChI is InChI=1S/C17H16FN5O3/c18-11-1-3-13(4-2-11)26-16-14-9-21-23(15(14)19-10-20-16)12-5-7-22(8-6-12)17(24)25/h1-4,9-10,12H,5-8H2,(H,24,25). The predicted octanol–water partition coefficient (Wildman–Crippen LogP) is 3.07. The Morgan fingerprint density at radius 1 is 1.19 bits per heavy atom. The highest BCUT2D eigenvalue weighted by molar-refractivity contribution is 5.80. The molecule has 0 saturated carbocycles. The first-order valence-electron chi connectivity index (χ1n) is 8.21. The van der Waals surface area contributed by atoms with Crippen molar-refractivity contribution in [2.45, 2.75) is 18.9 Å². The van der Waals surface area contributed by atoms with Gasteiger partial charge in [0.25, 0.3) is 0 Å². The Labute approximate surface area is 147 Å². The molecule has 0 radical (unpaired) electrons. The summed E-state index contributed by atoms with van der Waals surface area (Å²) in [7, 11) is 0. The lowest BCUT2D eigenvalue weighted by Gasteiger charge is -2.30. The predicted molar refractivity (Wildman–Crippen MR) is 89.7 cm³/mol. The zero-order chi connectivity index (χ0) is 18.1. The second kappa shape index (κ2) is 6.58. The van der Waals surface area contributed by atoms with Crippen molar-refractivity contribution in [1.82, 2.24) is 24.6 Å². The van der Waals surface area contributed by atoms with Crippen molar-refractivity contribution in [3.63, 3.8) is 0 Å². The molecular formula is C17H16FN5O3. The third-order valence-electron chi connectivity index (χ3n) is 4.46. The largest absolute Gasteiger partial charge is 0.465 e. The van der Waals surface area contributed by atoms with Gasteiger partial charge in [0.05, 0.1) is 12.2 Å². The van der Waals surface area contributed by atoms with Crippen LogP contribution in [0.25, 0.3) is 11.0 Å². The molecule has 1 aromatic carbocycles. The Morgan fingerprint density at radius 3 is 2.62 bits per heavy atom. The summed E-state index contributed by atoms with van der Waals surface area (Å²) < 4.78 is 20.6. The second-order valence-corrected chi connectivity index (χ2v) is 6.06. The van der Waals surface area contributed by atoms with Crippen LogP contribution in [0, 0.1) is 5.82 Å². The number of nitrogens with zero attached hydrogens (tertiary/aromatic N) is 5. The van der Waals surface area contributed by atoms with Gasteiger partial charge in [0.1, 0.15) is 23.3 Å². The average molecular weight is 357 g/mol. The number of likely N-dealkylation sites (tertiary alicyclic amines) is 1. The lowest BCUT2D eigenvalue weighted by atomic mass is 10.1. The van der Waals surface area contributed by atoms with Gasteiger partial charge in [-0.2, -0.15) is 5.10 Å². The molecule has 9 heteroatoms. The molecule has 1 aliphatic heterocycles. The summed E-state index contributed by atoms with van der Waals surface area (Å²) >= 11 is 0. The summed E-state index contributed by atoms with van der Waals surface area (Å²) in [6.45, 7) is 0.927. The van der Waals surface area contributed by atoms with E-state index in [-0.39, 0.29) is 11.9 Å². The van der Waals surface area contributed by atoms with Crippen molar-refractivity contribution in [3.05, 3.63) is 42.6 Å². The van der Waals surface area contributed by atoms with Gasteiger partial charge in [-0.3, -0.25) is 0 Å². The molecule has 0 spiro atoms. The number of amides is 1. The van der Waals surface area contributed by atoms with E-state index in [1.165, 1.54) is 35.5 Å². The molecule has 0 bridgehead atoms. The summed E-state index contributed by atoms with van der Waals surface area (Å²) in [5.74, 6) is 0.468. The zero-order valence-electron chi connectivity index (χ0n) is 13.7. The van der Waals surface area contributed by atoms with E-state index in [9.17, 15) is 9.18 Å². The lowest BCUT2D eigenvalue weighted by molar-refractivity contribution is 0.124. The number of hydrogen-bond acceptors (Lipinski definition) is 5. The van der Waals surface area contributed by atoms with Crippen LogP contribution in [0.15, 0.2) is 36.8 Å². The second-order valence-electron chi connectivity index (χ2n) is 6.06. The van der Waals surface area contributed by atoms with E-state index in [1.54, 1.807) is 10.9 Å². The van der Waals surface area contributed by atoms with Crippen molar-refractivity contribution in [2.24, 2.45) is 0 Å². The minimum absolute atomic E-state index is 0.0664. The maximum Gasteiger partial charge on any atom is 0.407 e. The molecule has 3 aromatic rings. The third kappa shape index (κ3) is 3.03. The van der Waals surface area contributed by atoms with Crippen molar-refractivity contribution in [3.8, 4) is 11.6 Å². The monoisotopic (exact) mass is 357 g/mol. The lowest BCUT2D eigenvalue weighted by Crippen LogP contribution is -2.38. The highest BCUT2D eigenvalue weighted by Gasteiger charge is 2.26. The van der Waals surface area contributed by atoms with Crippen LogP contribution in [-0.2, 0) is 0 Å². The molecule has 1 amide bonds. The molecule has 0 aliphatic carbocycles. The number of hydrogen-bond donors (Lipinski definition) is 1. The molecule has 0 atom stereocenters. The fraction of sp³-hybridized carbons (Fsp3) is 0.294. The highest BCUT2D eigenvalue weighted by Crippen LogP contribution is 2.30. The maximum absolute atomic E-state index is 13.0. The molecule has 4 rings (SSSR count). The smallest absolute Gasteiger partial charge is 0.407 e. The van der Waals surface area contributed by atoms with Crippen LogP contribution >= 0.6 is 0 Å². The summed E-state index contributed by atoms with van der Waals surface area (Å²) in [4.78, 5) is 20.9. The Hall–Kier alpha value is -3.23. The molecule has 1 fully saturated rings. The van der Waals surface area contributed by atoms with Crippen LogP contribution < -0.4 is 4.74 Å². The molecule has 26 heavy (non-hydrogen) atoms. The van der Waals surface area contributed by atoms with Crippen molar-refractivity contribution in [2.75, 3.05) is 13.1 Å². The van der Waals surface area contributed by atoms with Crippen LogP contribution in [0.5, 0.6) is 11.6 Å². The number of halogens is 1. The summed E-state index contributed by atoms with van der Waals surface area (Å²) in [6, 6.07) is 5.74. The Balaban J connectivity index is 1.59. The van der Waals surface area contributed by atoms with Crippen LogP contribution in [0.2, 0.25) is 0 Å². The number of rotatable bonds is 3. The minimum Gasteiger partial charge on any atom is -0.465 e. The van der Waals surface area contributed by atoms with Gasteiger partial charge in [-0.15, -0.1) is 0 Å². The number of ether oxygens (including phenoxy) is 1. The molecule has 8 nitrogen and oxygen atoms in total. The summed E-state index contributed by atoms with van der Waals surface area (Å²) in [5.41, 5.74) is 0.630. The highest BCUT2D eigenvalue weighted by atomic mass is 19.1. The van der Waals surface area contributed by atoms with Crippen molar-refractivity contribution in [1.29, 1.82) is 0 Å². The molecule has 1 N–H and O–H groups in total. The van der Waals surface area contributed by atoms with E-state index in [2.05, 4.69) is 15.1 Å². The number of piperidine rings is 1. The first kappa shape index (κ1) is 16.2. The molecule has 0 unspecified atom stereocenters. The van der Waals surface area contributed by atoms with Crippen molar-refractivity contribution < 1.29 is 19.0 Å². The van der Waals surface area contributed by atoms with Gasteiger partial charge in [0.15, 0.2) is 5.65 Å². The Bertz CT molecular complexity index is 935. The van der Waals surface area contributed by atoms with Crippen LogP contribution in [0.1, 0.15) is 18.9 Å². The van der Waals surface area contributed by atoms with Gasteiger partial charge in [0.2, 0.25) is 5.88 Å². The van der Waals surface area contributed by atoms with Gasteiger partial charge in [-0.1, -0.05) is 0 Å². The molecule has 3 heterocycles.